The first kappa shape index (κ1) is 21.1. The van der Waals surface area contributed by atoms with Crippen molar-refractivity contribution in [1.82, 2.24) is 0 Å². The standard InChI is InChI=1S/C21H20O10/c22-8-16-18(26)19(27)20(28)21(31-16)29-11-5-12(24)17-13(25)7-14(30-15(17)6-11)9-1-3-10(23)4-2-9/h1-7,16,18-24,26-28H,8H2/t16-,18+,19+,20-,21-/m0/s1. The van der Waals surface area contributed by atoms with Gasteiger partial charge in [-0.1, -0.05) is 0 Å². The Labute approximate surface area is 174 Å². The summed E-state index contributed by atoms with van der Waals surface area (Å²) in [5.74, 6) is -0.273. The van der Waals surface area contributed by atoms with Crippen LogP contribution in [0.5, 0.6) is 17.2 Å². The quantitative estimate of drug-likeness (QED) is 0.331. The summed E-state index contributed by atoms with van der Waals surface area (Å²) < 4.78 is 16.5. The van der Waals surface area contributed by atoms with Crippen molar-refractivity contribution in [2.45, 2.75) is 30.7 Å². The van der Waals surface area contributed by atoms with Crippen LogP contribution in [0, 0.1) is 0 Å². The maximum absolute atomic E-state index is 12.5. The van der Waals surface area contributed by atoms with E-state index in [9.17, 15) is 35.4 Å². The molecule has 5 atom stereocenters. The number of aliphatic hydroxyl groups excluding tert-OH is 4. The maximum Gasteiger partial charge on any atom is 0.229 e. The molecule has 10 heteroatoms. The lowest BCUT2D eigenvalue weighted by atomic mass is 9.99. The summed E-state index contributed by atoms with van der Waals surface area (Å²) in [6.45, 7) is -0.626. The average molecular weight is 432 g/mol. The monoisotopic (exact) mass is 432 g/mol. The molecule has 0 saturated carbocycles. The van der Waals surface area contributed by atoms with E-state index in [1.165, 1.54) is 24.3 Å². The summed E-state index contributed by atoms with van der Waals surface area (Å²) in [6.07, 6.45) is -7.47. The zero-order valence-electron chi connectivity index (χ0n) is 16.0. The van der Waals surface area contributed by atoms with Crippen LogP contribution in [0.4, 0.5) is 0 Å². The summed E-state index contributed by atoms with van der Waals surface area (Å²) in [6, 6.07) is 9.56. The predicted molar refractivity (Wildman–Crippen MR) is 106 cm³/mol. The summed E-state index contributed by atoms with van der Waals surface area (Å²) in [5.41, 5.74) is -0.0204. The van der Waals surface area contributed by atoms with Crippen LogP contribution in [0.3, 0.4) is 0 Å². The Morgan fingerprint density at radius 3 is 2.32 bits per heavy atom. The molecule has 0 bridgehead atoms. The molecule has 0 radical (unpaired) electrons. The Balaban J connectivity index is 1.71. The Morgan fingerprint density at radius 2 is 1.65 bits per heavy atom. The van der Waals surface area contributed by atoms with Gasteiger partial charge in [0.15, 0.2) is 5.43 Å². The van der Waals surface area contributed by atoms with Gasteiger partial charge in [0.1, 0.15) is 58.4 Å². The van der Waals surface area contributed by atoms with Crippen LogP contribution in [0.1, 0.15) is 0 Å². The first-order chi connectivity index (χ1) is 14.8. The van der Waals surface area contributed by atoms with Gasteiger partial charge in [-0.25, -0.2) is 0 Å². The van der Waals surface area contributed by atoms with E-state index in [0.29, 0.717) is 5.56 Å². The fraction of sp³-hybridized carbons (Fsp3) is 0.286. The van der Waals surface area contributed by atoms with Crippen molar-refractivity contribution in [3.05, 3.63) is 52.7 Å². The number of ether oxygens (including phenoxy) is 2. The molecule has 6 N–H and O–H groups in total. The number of fused-ring (bicyclic) bond motifs is 1. The van der Waals surface area contributed by atoms with Gasteiger partial charge in [-0.3, -0.25) is 4.79 Å². The second-order valence-corrected chi connectivity index (χ2v) is 7.15. The average Bonchev–Trinajstić information content (AvgIpc) is 2.74. The van der Waals surface area contributed by atoms with Crippen molar-refractivity contribution in [2.24, 2.45) is 0 Å². The lowest BCUT2D eigenvalue weighted by Crippen LogP contribution is -2.60. The van der Waals surface area contributed by atoms with Crippen LogP contribution in [0.2, 0.25) is 0 Å². The minimum atomic E-state index is -1.65. The molecule has 2 aromatic carbocycles. The molecule has 0 unspecified atom stereocenters. The minimum Gasteiger partial charge on any atom is -0.508 e. The van der Waals surface area contributed by atoms with E-state index in [4.69, 9.17) is 13.9 Å². The number of aliphatic hydroxyl groups is 4. The van der Waals surface area contributed by atoms with Crippen molar-refractivity contribution in [1.29, 1.82) is 0 Å². The normalized spacial score (nSPS) is 26.1. The zero-order valence-corrected chi connectivity index (χ0v) is 16.0. The molecule has 3 aromatic rings. The number of aromatic hydroxyl groups is 2. The molecule has 1 fully saturated rings. The first-order valence-electron chi connectivity index (χ1n) is 9.36. The van der Waals surface area contributed by atoms with Crippen LogP contribution < -0.4 is 10.2 Å². The highest BCUT2D eigenvalue weighted by Crippen LogP contribution is 2.33. The Hall–Kier alpha value is -3.15. The van der Waals surface area contributed by atoms with Crippen molar-refractivity contribution < 1.29 is 44.5 Å². The third-order valence-corrected chi connectivity index (χ3v) is 5.04. The molecule has 1 aliphatic rings. The van der Waals surface area contributed by atoms with Gasteiger partial charge < -0.3 is 44.5 Å². The first-order valence-corrected chi connectivity index (χ1v) is 9.36. The molecule has 164 valence electrons. The number of phenols is 2. The van der Waals surface area contributed by atoms with Crippen LogP contribution in [-0.4, -0.2) is 68.0 Å². The van der Waals surface area contributed by atoms with Crippen LogP contribution in [0.15, 0.2) is 51.7 Å². The van der Waals surface area contributed by atoms with Crippen LogP contribution in [-0.2, 0) is 4.74 Å². The van der Waals surface area contributed by atoms with Gasteiger partial charge >= 0.3 is 0 Å². The third kappa shape index (κ3) is 3.94. The molecule has 31 heavy (non-hydrogen) atoms. The Morgan fingerprint density at radius 1 is 0.935 bits per heavy atom. The molecule has 4 rings (SSSR count). The lowest BCUT2D eigenvalue weighted by Gasteiger charge is -2.39. The predicted octanol–water partition coefficient (Wildman–Crippen LogP) is 0.0499. The largest absolute Gasteiger partial charge is 0.508 e. The van der Waals surface area contributed by atoms with Crippen molar-refractivity contribution >= 4 is 11.0 Å². The number of rotatable bonds is 4. The molecule has 0 aliphatic carbocycles. The van der Waals surface area contributed by atoms with E-state index < -0.39 is 48.5 Å². The minimum absolute atomic E-state index is 0.0184. The summed E-state index contributed by atoms with van der Waals surface area (Å²) in [7, 11) is 0. The Bertz CT molecular complexity index is 1140. The highest BCUT2D eigenvalue weighted by Gasteiger charge is 2.44. The molecule has 0 amide bonds. The number of hydrogen-bond acceptors (Lipinski definition) is 10. The zero-order chi connectivity index (χ0) is 22.3. The molecule has 1 saturated heterocycles. The van der Waals surface area contributed by atoms with Gasteiger partial charge in [0.2, 0.25) is 6.29 Å². The van der Waals surface area contributed by atoms with E-state index in [-0.39, 0.29) is 28.2 Å². The van der Waals surface area contributed by atoms with Crippen molar-refractivity contribution in [3.8, 4) is 28.6 Å². The number of hydrogen-bond donors (Lipinski definition) is 6. The van der Waals surface area contributed by atoms with Crippen LogP contribution >= 0.6 is 0 Å². The molecule has 10 nitrogen and oxygen atoms in total. The number of benzene rings is 2. The highest BCUT2D eigenvalue weighted by molar-refractivity contribution is 5.86. The fourth-order valence-corrected chi connectivity index (χ4v) is 3.38. The maximum atomic E-state index is 12.5. The topological polar surface area (TPSA) is 170 Å². The third-order valence-electron chi connectivity index (χ3n) is 5.04. The van der Waals surface area contributed by atoms with Gasteiger partial charge in [-0.2, -0.15) is 0 Å². The molecular formula is C21H20O10. The van der Waals surface area contributed by atoms with Gasteiger partial charge in [0.05, 0.1) is 6.61 Å². The smallest absolute Gasteiger partial charge is 0.229 e. The fourth-order valence-electron chi connectivity index (χ4n) is 3.38. The van der Waals surface area contributed by atoms with Crippen molar-refractivity contribution in [2.75, 3.05) is 6.61 Å². The molecule has 1 aliphatic heterocycles. The van der Waals surface area contributed by atoms with E-state index in [0.717, 1.165) is 6.07 Å². The molecule has 1 aromatic heterocycles. The van der Waals surface area contributed by atoms with E-state index in [1.807, 2.05) is 0 Å². The highest BCUT2D eigenvalue weighted by atomic mass is 16.7. The van der Waals surface area contributed by atoms with Gasteiger partial charge in [-0.15, -0.1) is 0 Å². The summed E-state index contributed by atoms with van der Waals surface area (Å²) in [4.78, 5) is 12.5. The second kappa shape index (κ2) is 8.17. The van der Waals surface area contributed by atoms with E-state index in [2.05, 4.69) is 0 Å². The summed E-state index contributed by atoms with van der Waals surface area (Å²) in [5, 5.41) is 58.8. The number of phenolic OH excluding ortho intramolecular Hbond substituents is 2. The molecular weight excluding hydrogens is 412 g/mol. The van der Waals surface area contributed by atoms with Gasteiger partial charge in [0, 0.05) is 23.8 Å². The Kier molecular flexibility index (Phi) is 5.56. The van der Waals surface area contributed by atoms with Crippen molar-refractivity contribution in [3.63, 3.8) is 0 Å². The summed E-state index contributed by atoms with van der Waals surface area (Å²) >= 11 is 0. The van der Waals surface area contributed by atoms with Crippen LogP contribution in [0.25, 0.3) is 22.3 Å². The second-order valence-electron chi connectivity index (χ2n) is 7.15. The lowest BCUT2D eigenvalue weighted by molar-refractivity contribution is -0.277. The molecule has 2 heterocycles. The SMILES string of the molecule is O=c1cc(-c2ccc(O)cc2)oc2cc(O[C@H]3O[C@@H](CO)[C@@H](O)[C@@H](O)[C@@H]3O)cc(O)c12. The van der Waals surface area contributed by atoms with Gasteiger partial charge in [-0.05, 0) is 24.3 Å². The van der Waals surface area contributed by atoms with Gasteiger partial charge in [0.25, 0.3) is 0 Å². The van der Waals surface area contributed by atoms with E-state index >= 15 is 0 Å². The molecule has 0 spiro atoms. The van der Waals surface area contributed by atoms with E-state index in [1.54, 1.807) is 12.1 Å².